The molecule has 0 radical (unpaired) electrons. The lowest BCUT2D eigenvalue weighted by molar-refractivity contribution is -0.132. The number of amides is 1. The molecule has 0 saturated carbocycles. The van der Waals surface area contributed by atoms with Crippen molar-refractivity contribution in [3.63, 3.8) is 0 Å². The van der Waals surface area contributed by atoms with Crippen molar-refractivity contribution < 1.29 is 9.53 Å². The third kappa shape index (κ3) is 4.97. The molecule has 2 aromatic rings. The predicted molar refractivity (Wildman–Crippen MR) is 100 cm³/mol. The molecule has 0 bridgehead atoms. The Bertz CT molecular complexity index is 710. The van der Waals surface area contributed by atoms with Gasteiger partial charge in [0.2, 0.25) is 5.91 Å². The van der Waals surface area contributed by atoms with E-state index < -0.39 is 0 Å². The molecule has 0 aromatic heterocycles. The van der Waals surface area contributed by atoms with Gasteiger partial charge in [-0.2, -0.15) is 0 Å². The van der Waals surface area contributed by atoms with Crippen LogP contribution in [0.3, 0.4) is 0 Å². The highest BCUT2D eigenvalue weighted by molar-refractivity contribution is 6.30. The van der Waals surface area contributed by atoms with Crippen molar-refractivity contribution >= 4 is 17.5 Å². The molecule has 1 fully saturated rings. The second-order valence-corrected chi connectivity index (χ2v) is 6.75. The summed E-state index contributed by atoms with van der Waals surface area (Å²) in [5, 5.41) is 0.761. The standard InChI is InChI=1S/C20H23ClN2O2/c1-25-19-4-2-3-17(13-19)14-20(24)23-11-9-22(10-12-23)15-16-5-7-18(21)8-6-16/h2-8,13H,9-12,14-15H2,1H3. The molecule has 0 N–H and O–H groups in total. The van der Waals surface area contributed by atoms with Gasteiger partial charge in [-0.15, -0.1) is 0 Å². The molecule has 3 rings (SSSR count). The minimum Gasteiger partial charge on any atom is -0.497 e. The third-order valence-electron chi connectivity index (χ3n) is 4.53. The minimum absolute atomic E-state index is 0.180. The van der Waals surface area contributed by atoms with Crippen molar-refractivity contribution in [3.8, 4) is 5.75 Å². The maximum atomic E-state index is 12.5. The highest BCUT2D eigenvalue weighted by Crippen LogP contribution is 2.16. The van der Waals surface area contributed by atoms with Gasteiger partial charge in [-0.25, -0.2) is 0 Å². The van der Waals surface area contributed by atoms with E-state index >= 15 is 0 Å². The van der Waals surface area contributed by atoms with Crippen LogP contribution in [-0.2, 0) is 17.8 Å². The number of piperazine rings is 1. The van der Waals surface area contributed by atoms with Gasteiger partial charge in [0.1, 0.15) is 5.75 Å². The van der Waals surface area contributed by atoms with Gasteiger partial charge in [0.05, 0.1) is 13.5 Å². The maximum absolute atomic E-state index is 12.5. The number of nitrogens with zero attached hydrogens (tertiary/aromatic N) is 2. The van der Waals surface area contributed by atoms with Crippen molar-refractivity contribution in [1.82, 2.24) is 9.80 Å². The van der Waals surface area contributed by atoms with Gasteiger partial charge in [0.15, 0.2) is 0 Å². The van der Waals surface area contributed by atoms with Gasteiger partial charge in [-0.1, -0.05) is 35.9 Å². The molecule has 132 valence electrons. The largest absolute Gasteiger partial charge is 0.497 e. The van der Waals surface area contributed by atoms with Crippen LogP contribution in [0.5, 0.6) is 5.75 Å². The lowest BCUT2D eigenvalue weighted by atomic mass is 10.1. The number of ether oxygens (including phenoxy) is 1. The first-order chi connectivity index (χ1) is 12.1. The van der Waals surface area contributed by atoms with E-state index in [1.165, 1.54) is 5.56 Å². The first-order valence-electron chi connectivity index (χ1n) is 8.51. The summed E-state index contributed by atoms with van der Waals surface area (Å²) in [5.74, 6) is 0.970. The lowest BCUT2D eigenvalue weighted by Gasteiger charge is -2.34. The lowest BCUT2D eigenvalue weighted by Crippen LogP contribution is -2.48. The van der Waals surface area contributed by atoms with Crippen molar-refractivity contribution in [2.45, 2.75) is 13.0 Å². The summed E-state index contributed by atoms with van der Waals surface area (Å²) in [5.41, 5.74) is 2.24. The minimum atomic E-state index is 0.180. The van der Waals surface area contributed by atoms with E-state index in [4.69, 9.17) is 16.3 Å². The fraction of sp³-hybridized carbons (Fsp3) is 0.350. The Labute approximate surface area is 154 Å². The second kappa shape index (κ2) is 8.37. The first-order valence-corrected chi connectivity index (χ1v) is 8.89. The average Bonchev–Trinajstić information content (AvgIpc) is 2.64. The molecular formula is C20H23ClN2O2. The van der Waals surface area contributed by atoms with E-state index in [-0.39, 0.29) is 5.91 Å². The average molecular weight is 359 g/mol. The predicted octanol–water partition coefficient (Wildman–Crippen LogP) is 3.24. The van der Waals surface area contributed by atoms with Crippen molar-refractivity contribution in [3.05, 3.63) is 64.7 Å². The van der Waals surface area contributed by atoms with Gasteiger partial charge < -0.3 is 9.64 Å². The normalized spacial score (nSPS) is 15.2. The van der Waals surface area contributed by atoms with Gasteiger partial charge >= 0.3 is 0 Å². The molecule has 5 heteroatoms. The summed E-state index contributed by atoms with van der Waals surface area (Å²) in [6, 6.07) is 15.7. The Morgan fingerprint density at radius 1 is 1.04 bits per heavy atom. The molecule has 0 spiro atoms. The summed E-state index contributed by atoms with van der Waals surface area (Å²) < 4.78 is 5.22. The summed E-state index contributed by atoms with van der Waals surface area (Å²) in [6.07, 6.45) is 0.425. The van der Waals surface area contributed by atoms with Crippen LogP contribution in [0.15, 0.2) is 48.5 Å². The topological polar surface area (TPSA) is 32.8 Å². The van der Waals surface area contributed by atoms with Crippen LogP contribution in [0.1, 0.15) is 11.1 Å². The number of benzene rings is 2. The molecule has 1 aliphatic heterocycles. The van der Waals surface area contributed by atoms with Crippen LogP contribution in [0.25, 0.3) is 0 Å². The molecule has 0 aliphatic carbocycles. The van der Waals surface area contributed by atoms with E-state index in [1.54, 1.807) is 7.11 Å². The molecule has 0 unspecified atom stereocenters. The molecule has 1 aliphatic rings. The Morgan fingerprint density at radius 2 is 1.76 bits per heavy atom. The Hall–Kier alpha value is -2.04. The van der Waals surface area contributed by atoms with Crippen LogP contribution in [0, 0.1) is 0 Å². The van der Waals surface area contributed by atoms with E-state index in [1.807, 2.05) is 41.3 Å². The molecule has 25 heavy (non-hydrogen) atoms. The first kappa shape index (κ1) is 17.8. The van der Waals surface area contributed by atoms with Gasteiger partial charge in [-0.05, 0) is 35.4 Å². The van der Waals surface area contributed by atoms with E-state index in [0.717, 1.165) is 49.1 Å². The number of hydrogen-bond donors (Lipinski definition) is 0. The zero-order chi connectivity index (χ0) is 17.6. The Balaban J connectivity index is 1.49. The zero-order valence-electron chi connectivity index (χ0n) is 14.5. The van der Waals surface area contributed by atoms with E-state index in [0.29, 0.717) is 6.42 Å². The highest BCUT2D eigenvalue weighted by Gasteiger charge is 2.21. The number of hydrogen-bond acceptors (Lipinski definition) is 3. The van der Waals surface area contributed by atoms with Gasteiger partial charge in [-0.3, -0.25) is 9.69 Å². The van der Waals surface area contributed by atoms with E-state index in [2.05, 4.69) is 17.0 Å². The number of carbonyl (C=O) groups excluding carboxylic acids is 1. The zero-order valence-corrected chi connectivity index (χ0v) is 15.2. The molecule has 1 amide bonds. The summed E-state index contributed by atoms with van der Waals surface area (Å²) in [7, 11) is 1.64. The summed E-state index contributed by atoms with van der Waals surface area (Å²) in [4.78, 5) is 16.9. The van der Waals surface area contributed by atoms with Crippen molar-refractivity contribution in [2.75, 3.05) is 33.3 Å². The highest BCUT2D eigenvalue weighted by atomic mass is 35.5. The van der Waals surface area contributed by atoms with Crippen LogP contribution >= 0.6 is 11.6 Å². The van der Waals surface area contributed by atoms with Gasteiger partial charge in [0, 0.05) is 37.7 Å². The fourth-order valence-corrected chi connectivity index (χ4v) is 3.20. The monoisotopic (exact) mass is 358 g/mol. The molecule has 2 aromatic carbocycles. The summed E-state index contributed by atoms with van der Waals surface area (Å²) >= 11 is 5.93. The van der Waals surface area contributed by atoms with Crippen molar-refractivity contribution in [2.24, 2.45) is 0 Å². The fourth-order valence-electron chi connectivity index (χ4n) is 3.07. The number of carbonyl (C=O) groups is 1. The SMILES string of the molecule is COc1cccc(CC(=O)N2CCN(Cc3ccc(Cl)cc3)CC2)c1. The van der Waals surface area contributed by atoms with Crippen molar-refractivity contribution in [1.29, 1.82) is 0 Å². The third-order valence-corrected chi connectivity index (χ3v) is 4.79. The molecule has 1 heterocycles. The van der Waals surface area contributed by atoms with Gasteiger partial charge in [0.25, 0.3) is 0 Å². The Morgan fingerprint density at radius 3 is 2.44 bits per heavy atom. The molecule has 1 saturated heterocycles. The molecule has 4 nitrogen and oxygen atoms in total. The Kier molecular flexibility index (Phi) is 5.95. The number of methoxy groups -OCH3 is 1. The molecular weight excluding hydrogens is 336 g/mol. The quantitative estimate of drug-likeness (QED) is 0.822. The van der Waals surface area contributed by atoms with Crippen LogP contribution in [0.2, 0.25) is 5.02 Å². The van der Waals surface area contributed by atoms with Crippen LogP contribution < -0.4 is 4.74 Å². The summed E-state index contributed by atoms with van der Waals surface area (Å²) in [6.45, 7) is 4.24. The number of halogens is 1. The smallest absolute Gasteiger partial charge is 0.227 e. The van der Waals surface area contributed by atoms with Crippen LogP contribution in [0.4, 0.5) is 0 Å². The second-order valence-electron chi connectivity index (χ2n) is 6.31. The number of rotatable bonds is 5. The maximum Gasteiger partial charge on any atom is 0.227 e. The van der Waals surface area contributed by atoms with Crippen LogP contribution in [-0.4, -0.2) is 49.0 Å². The molecule has 0 atom stereocenters. The van der Waals surface area contributed by atoms with E-state index in [9.17, 15) is 4.79 Å².